The van der Waals surface area contributed by atoms with Crippen molar-refractivity contribution in [3.05, 3.63) is 66.7 Å². The summed E-state index contributed by atoms with van der Waals surface area (Å²) in [5.41, 5.74) is -0.200. The number of para-hydroxylation sites is 2. The van der Waals surface area contributed by atoms with Crippen molar-refractivity contribution >= 4 is 44.9 Å². The van der Waals surface area contributed by atoms with Gasteiger partial charge in [0.15, 0.2) is 6.61 Å². The Morgan fingerprint density at radius 1 is 1.07 bits per heavy atom. The van der Waals surface area contributed by atoms with E-state index in [0.717, 1.165) is 0 Å². The Balaban J connectivity index is 1.27. The number of nitrogens with zero attached hydrogens (tertiary/aromatic N) is 3. The van der Waals surface area contributed by atoms with Gasteiger partial charge >= 0.3 is 6.09 Å². The highest BCUT2D eigenvalue weighted by Crippen LogP contribution is 2.46. The topological polar surface area (TPSA) is 186 Å². The molecule has 3 fully saturated rings. The van der Waals surface area contributed by atoms with Crippen molar-refractivity contribution in [2.45, 2.75) is 94.2 Å². The van der Waals surface area contributed by atoms with Crippen molar-refractivity contribution in [2.24, 2.45) is 11.3 Å². The van der Waals surface area contributed by atoms with Gasteiger partial charge in [0.05, 0.1) is 22.8 Å². The molecule has 14 nitrogen and oxygen atoms in total. The third-order valence-corrected chi connectivity index (χ3v) is 12.5. The highest BCUT2D eigenvalue weighted by atomic mass is 32.2. The standard InChI is InChI=1S/C39H44F2N6O8S/c1-5-24-19-39(24,35(50)46-56(52,53)26-13-14-26)45-32(48)29-18-25-20-47(29)34(49)31(37(2,3)4)44-36(51)54-21-38(40,41)16-15-22-9-8-10-23(17-22)30-33(55-25)43-28-12-7-6-11-27(28)42-30/h5-12,17,24-26,29,31H,1,13-16,18-21H2,2-4H3,(H,44,51)(H,45,48)(H,46,50)/t24-,25-,29+,31?,39-/m1/s1. The molecule has 2 aliphatic carbocycles. The molecule has 7 rings (SSSR count). The van der Waals surface area contributed by atoms with Crippen molar-refractivity contribution in [1.29, 1.82) is 0 Å². The van der Waals surface area contributed by atoms with Gasteiger partial charge in [-0.2, -0.15) is 0 Å². The van der Waals surface area contributed by atoms with Gasteiger partial charge in [0, 0.05) is 24.3 Å². The molecule has 2 saturated carbocycles. The SMILES string of the molecule is C=C[C@@H]1C[C@]1(NC(=O)[C@@H]1C[C@@H]2CN1C(=O)C(C(C)(C)C)NC(=O)OCC(F)(F)CCc1cccc(c1)-c1nc3ccccc3nc1O2)C(=O)NS(=O)(=O)C1CC1. The number of aromatic nitrogens is 2. The normalized spacial score (nSPS) is 26.7. The van der Waals surface area contributed by atoms with Crippen molar-refractivity contribution in [1.82, 2.24) is 30.2 Å². The highest BCUT2D eigenvalue weighted by molar-refractivity contribution is 7.91. The first-order valence-corrected chi connectivity index (χ1v) is 20.1. The number of aryl methyl sites for hydroxylation is 1. The lowest BCUT2D eigenvalue weighted by atomic mass is 9.85. The predicted octanol–water partition coefficient (Wildman–Crippen LogP) is 4.04. The number of alkyl carbamates (subject to hydrolysis) is 1. The molecule has 2 aromatic carbocycles. The van der Waals surface area contributed by atoms with Crippen LogP contribution in [0.25, 0.3) is 22.3 Å². The van der Waals surface area contributed by atoms with Crippen LogP contribution in [0.5, 0.6) is 5.88 Å². The molecule has 2 aliphatic heterocycles. The van der Waals surface area contributed by atoms with Crippen molar-refractivity contribution in [3.63, 3.8) is 0 Å². The number of nitrogens with one attached hydrogen (secondary N) is 3. The van der Waals surface area contributed by atoms with E-state index in [9.17, 15) is 27.6 Å². The Kier molecular flexibility index (Phi) is 10.0. The molecule has 56 heavy (non-hydrogen) atoms. The van der Waals surface area contributed by atoms with E-state index in [1.54, 1.807) is 69.3 Å². The number of sulfonamides is 1. The Hall–Kier alpha value is -5.19. The molecule has 3 heterocycles. The Bertz CT molecular complexity index is 2210. The summed E-state index contributed by atoms with van der Waals surface area (Å²) in [7, 11) is -3.96. The number of carbonyl (C=O) groups is 4. The van der Waals surface area contributed by atoms with Gasteiger partial charge in [-0.25, -0.2) is 32.0 Å². The summed E-state index contributed by atoms with van der Waals surface area (Å²) in [6, 6.07) is 11.3. The molecule has 1 saturated heterocycles. The Labute approximate surface area is 322 Å². The van der Waals surface area contributed by atoms with E-state index in [1.807, 2.05) is 0 Å². The molecule has 298 valence electrons. The van der Waals surface area contributed by atoms with E-state index in [-0.39, 0.29) is 31.7 Å². The molecule has 5 atom stereocenters. The maximum Gasteiger partial charge on any atom is 0.408 e. The average Bonchev–Trinajstić information content (AvgIpc) is 4.08. The third-order valence-electron chi connectivity index (χ3n) is 10.7. The summed E-state index contributed by atoms with van der Waals surface area (Å²) in [6.45, 7) is 7.28. The fourth-order valence-electron chi connectivity index (χ4n) is 7.22. The molecule has 4 bridgehead atoms. The Morgan fingerprint density at radius 3 is 2.45 bits per heavy atom. The van der Waals surface area contributed by atoms with Gasteiger partial charge < -0.3 is 25.0 Å². The van der Waals surface area contributed by atoms with Crippen LogP contribution in [-0.4, -0.2) is 95.2 Å². The maximum absolute atomic E-state index is 15.1. The number of rotatable bonds is 6. The number of alkyl halides is 2. The number of hydrogen-bond donors (Lipinski definition) is 3. The molecule has 17 heteroatoms. The van der Waals surface area contributed by atoms with Crippen LogP contribution in [0.4, 0.5) is 13.6 Å². The zero-order valence-electron chi connectivity index (χ0n) is 31.2. The minimum absolute atomic E-state index is 0.0563. The van der Waals surface area contributed by atoms with Crippen molar-refractivity contribution < 1.29 is 45.9 Å². The van der Waals surface area contributed by atoms with Crippen LogP contribution >= 0.6 is 0 Å². The summed E-state index contributed by atoms with van der Waals surface area (Å²) in [4.78, 5) is 66.2. The number of hydrogen-bond acceptors (Lipinski definition) is 10. The second-order valence-electron chi connectivity index (χ2n) is 16.1. The Morgan fingerprint density at radius 2 is 1.79 bits per heavy atom. The number of amides is 4. The van der Waals surface area contributed by atoms with Crippen LogP contribution in [-0.2, 0) is 35.6 Å². The fraction of sp³-hybridized carbons (Fsp3) is 0.487. The van der Waals surface area contributed by atoms with Gasteiger partial charge in [-0.1, -0.05) is 57.2 Å². The van der Waals surface area contributed by atoms with Gasteiger partial charge in [0.2, 0.25) is 27.7 Å². The second-order valence-corrected chi connectivity index (χ2v) is 18.1. The molecule has 4 amide bonds. The molecule has 1 unspecified atom stereocenters. The molecule has 0 radical (unpaired) electrons. The zero-order valence-corrected chi connectivity index (χ0v) is 32.0. The number of ether oxygens (including phenoxy) is 2. The minimum atomic E-state index is -3.96. The minimum Gasteiger partial charge on any atom is -0.471 e. The van der Waals surface area contributed by atoms with Crippen LogP contribution in [0.1, 0.15) is 58.4 Å². The van der Waals surface area contributed by atoms with E-state index in [1.165, 1.54) is 11.0 Å². The molecule has 1 aromatic heterocycles. The number of cyclic esters (lactones) is 1. The lowest BCUT2D eigenvalue weighted by Crippen LogP contribution is -2.60. The molecule has 3 N–H and O–H groups in total. The molecule has 4 aliphatic rings. The van der Waals surface area contributed by atoms with E-state index in [2.05, 4.69) is 21.9 Å². The smallest absolute Gasteiger partial charge is 0.408 e. The van der Waals surface area contributed by atoms with Gasteiger partial charge in [-0.15, -0.1) is 6.58 Å². The number of halogens is 2. The van der Waals surface area contributed by atoms with Crippen LogP contribution in [0.3, 0.4) is 0 Å². The summed E-state index contributed by atoms with van der Waals surface area (Å²) in [5.74, 6) is -6.34. The first kappa shape index (κ1) is 39.1. The zero-order chi connectivity index (χ0) is 40.2. The summed E-state index contributed by atoms with van der Waals surface area (Å²) in [5, 5.41) is 4.49. The van der Waals surface area contributed by atoms with Gasteiger partial charge in [-0.05, 0) is 54.9 Å². The van der Waals surface area contributed by atoms with Crippen LogP contribution in [0.15, 0.2) is 61.2 Å². The molecular weight excluding hydrogens is 751 g/mol. The van der Waals surface area contributed by atoms with E-state index in [4.69, 9.17) is 19.4 Å². The largest absolute Gasteiger partial charge is 0.471 e. The molecule has 3 aromatic rings. The first-order valence-electron chi connectivity index (χ1n) is 18.5. The number of carbonyl (C=O) groups excluding carboxylic acids is 4. The number of fused-ring (bicyclic) bond motifs is 7. The molecular formula is C39H44F2N6O8S. The lowest BCUT2D eigenvalue weighted by molar-refractivity contribution is -0.143. The summed E-state index contributed by atoms with van der Waals surface area (Å²) < 4.78 is 69.3. The second kappa shape index (κ2) is 14.4. The van der Waals surface area contributed by atoms with Gasteiger partial charge in [0.25, 0.3) is 11.8 Å². The maximum atomic E-state index is 15.1. The fourth-order valence-corrected chi connectivity index (χ4v) is 8.59. The van der Waals surface area contributed by atoms with Crippen molar-refractivity contribution in [2.75, 3.05) is 13.2 Å². The van der Waals surface area contributed by atoms with Crippen LogP contribution in [0.2, 0.25) is 0 Å². The van der Waals surface area contributed by atoms with Crippen molar-refractivity contribution in [3.8, 4) is 17.1 Å². The van der Waals surface area contributed by atoms with E-state index >= 15 is 8.78 Å². The highest BCUT2D eigenvalue weighted by Gasteiger charge is 2.62. The quantitative estimate of drug-likeness (QED) is 0.308. The van der Waals surface area contributed by atoms with Gasteiger partial charge in [-0.3, -0.25) is 19.1 Å². The van der Waals surface area contributed by atoms with E-state index < -0.39 is 93.1 Å². The van der Waals surface area contributed by atoms with Gasteiger partial charge in [0.1, 0.15) is 29.4 Å². The molecule has 0 spiro atoms. The first-order chi connectivity index (χ1) is 26.4. The summed E-state index contributed by atoms with van der Waals surface area (Å²) in [6.07, 6.45) is -0.544. The monoisotopic (exact) mass is 794 g/mol. The van der Waals surface area contributed by atoms with E-state index in [0.29, 0.717) is 40.7 Å². The predicted molar refractivity (Wildman–Crippen MR) is 200 cm³/mol. The lowest BCUT2D eigenvalue weighted by Gasteiger charge is -2.35. The average molecular weight is 795 g/mol. The number of benzene rings is 2. The third kappa shape index (κ3) is 8.04. The van der Waals surface area contributed by atoms with Crippen LogP contribution in [0, 0.1) is 11.3 Å². The summed E-state index contributed by atoms with van der Waals surface area (Å²) >= 11 is 0. The van der Waals surface area contributed by atoms with Crippen LogP contribution < -0.4 is 20.1 Å².